The van der Waals surface area contributed by atoms with Gasteiger partial charge in [-0.05, 0) is 6.92 Å². The Balaban J connectivity index is 1.63. The summed E-state index contributed by atoms with van der Waals surface area (Å²) in [6.07, 6.45) is 1.57. The van der Waals surface area contributed by atoms with Gasteiger partial charge in [-0.3, -0.25) is 0 Å². The molecular weight excluding hydrogens is 250 g/mol. The van der Waals surface area contributed by atoms with Crippen LogP contribution in [0.2, 0.25) is 0 Å². The molecule has 19 heavy (non-hydrogen) atoms. The minimum Gasteiger partial charge on any atom is -0.376 e. The van der Waals surface area contributed by atoms with E-state index in [1.807, 2.05) is 6.92 Å². The first-order valence-corrected chi connectivity index (χ1v) is 6.38. The predicted molar refractivity (Wildman–Crippen MR) is 66.5 cm³/mol. The maximum Gasteiger partial charge on any atom is 0.315 e. The third-order valence-electron chi connectivity index (χ3n) is 2.67. The van der Waals surface area contributed by atoms with Gasteiger partial charge in [-0.15, -0.1) is 0 Å². The second kappa shape index (κ2) is 7.05. The van der Waals surface area contributed by atoms with Crippen LogP contribution < -0.4 is 10.6 Å². The molecule has 0 aromatic carbocycles. The van der Waals surface area contributed by atoms with Crippen molar-refractivity contribution < 1.29 is 14.3 Å². The van der Waals surface area contributed by atoms with Gasteiger partial charge < -0.3 is 20.1 Å². The number of rotatable bonds is 5. The Bertz CT molecular complexity index is 403. The van der Waals surface area contributed by atoms with Crippen molar-refractivity contribution >= 4 is 6.03 Å². The SMILES string of the molecule is CCn1ncc(CNC(=O)NCC2COCCO2)n1. The number of amides is 2. The molecule has 1 atom stereocenters. The largest absolute Gasteiger partial charge is 0.376 e. The molecule has 0 bridgehead atoms. The third kappa shape index (κ3) is 4.49. The highest BCUT2D eigenvalue weighted by atomic mass is 16.6. The molecule has 1 fully saturated rings. The fourth-order valence-electron chi connectivity index (χ4n) is 1.66. The Morgan fingerprint density at radius 2 is 2.42 bits per heavy atom. The number of aromatic nitrogens is 3. The van der Waals surface area contributed by atoms with E-state index in [2.05, 4.69) is 20.8 Å². The highest BCUT2D eigenvalue weighted by molar-refractivity contribution is 5.73. The lowest BCUT2D eigenvalue weighted by atomic mass is 10.3. The van der Waals surface area contributed by atoms with Gasteiger partial charge in [0.15, 0.2) is 0 Å². The number of nitrogens with one attached hydrogen (secondary N) is 2. The van der Waals surface area contributed by atoms with Crippen LogP contribution in [0.1, 0.15) is 12.6 Å². The van der Waals surface area contributed by atoms with Crippen molar-refractivity contribution in [3.05, 3.63) is 11.9 Å². The van der Waals surface area contributed by atoms with Crippen LogP contribution in [0, 0.1) is 0 Å². The van der Waals surface area contributed by atoms with Crippen LogP contribution in [-0.4, -0.2) is 53.5 Å². The number of ether oxygens (including phenoxy) is 2. The molecule has 1 aliphatic rings. The summed E-state index contributed by atoms with van der Waals surface area (Å²) in [5.74, 6) is 0. The summed E-state index contributed by atoms with van der Waals surface area (Å²) in [7, 11) is 0. The minimum atomic E-state index is -0.250. The van der Waals surface area contributed by atoms with Crippen LogP contribution in [0.4, 0.5) is 4.79 Å². The Hall–Kier alpha value is -1.67. The first kappa shape index (κ1) is 13.8. The summed E-state index contributed by atoms with van der Waals surface area (Å²) in [5.41, 5.74) is 0.731. The Morgan fingerprint density at radius 1 is 1.53 bits per heavy atom. The van der Waals surface area contributed by atoms with E-state index in [9.17, 15) is 4.79 Å². The van der Waals surface area contributed by atoms with E-state index >= 15 is 0 Å². The van der Waals surface area contributed by atoms with Crippen LogP contribution in [-0.2, 0) is 22.6 Å². The predicted octanol–water partition coefficient (Wildman–Crippen LogP) is -0.487. The average Bonchev–Trinajstić information content (AvgIpc) is 2.92. The Kier molecular flexibility index (Phi) is 5.10. The first-order valence-electron chi connectivity index (χ1n) is 6.38. The van der Waals surface area contributed by atoms with Gasteiger partial charge in [0.25, 0.3) is 0 Å². The van der Waals surface area contributed by atoms with E-state index in [1.54, 1.807) is 11.0 Å². The van der Waals surface area contributed by atoms with Gasteiger partial charge >= 0.3 is 6.03 Å². The van der Waals surface area contributed by atoms with Gasteiger partial charge in [-0.25, -0.2) is 4.79 Å². The van der Waals surface area contributed by atoms with Gasteiger partial charge in [0.1, 0.15) is 5.69 Å². The molecule has 2 heterocycles. The molecule has 1 saturated heterocycles. The minimum absolute atomic E-state index is 0.0690. The van der Waals surface area contributed by atoms with Gasteiger partial charge in [-0.2, -0.15) is 15.0 Å². The number of urea groups is 1. The topological polar surface area (TPSA) is 90.3 Å². The van der Waals surface area contributed by atoms with Crippen LogP contribution in [0.15, 0.2) is 6.20 Å². The molecule has 0 aliphatic carbocycles. The van der Waals surface area contributed by atoms with Crippen LogP contribution in [0.25, 0.3) is 0 Å². The summed E-state index contributed by atoms with van der Waals surface area (Å²) in [6, 6.07) is -0.250. The molecule has 1 unspecified atom stereocenters. The van der Waals surface area contributed by atoms with Crippen molar-refractivity contribution in [1.29, 1.82) is 0 Å². The van der Waals surface area contributed by atoms with Crippen molar-refractivity contribution in [2.24, 2.45) is 0 Å². The molecule has 8 heteroatoms. The molecule has 1 aromatic rings. The monoisotopic (exact) mass is 269 g/mol. The number of carbonyl (C=O) groups excluding carboxylic acids is 1. The summed E-state index contributed by atoms with van der Waals surface area (Å²) < 4.78 is 10.7. The van der Waals surface area contributed by atoms with E-state index in [1.165, 1.54) is 0 Å². The maximum atomic E-state index is 11.6. The van der Waals surface area contributed by atoms with Crippen molar-refractivity contribution in [3.8, 4) is 0 Å². The fraction of sp³-hybridized carbons (Fsp3) is 0.727. The zero-order chi connectivity index (χ0) is 13.5. The van der Waals surface area contributed by atoms with Gasteiger partial charge in [0.05, 0.1) is 45.2 Å². The lowest BCUT2D eigenvalue weighted by Gasteiger charge is -2.23. The van der Waals surface area contributed by atoms with Crippen LogP contribution in [0.5, 0.6) is 0 Å². The fourth-order valence-corrected chi connectivity index (χ4v) is 1.66. The Morgan fingerprint density at radius 3 is 3.11 bits per heavy atom. The number of aryl methyl sites for hydroxylation is 1. The third-order valence-corrected chi connectivity index (χ3v) is 2.67. The van der Waals surface area contributed by atoms with E-state index < -0.39 is 0 Å². The molecule has 106 valence electrons. The van der Waals surface area contributed by atoms with Crippen LogP contribution >= 0.6 is 0 Å². The molecule has 1 aliphatic heterocycles. The van der Waals surface area contributed by atoms with E-state index in [0.717, 1.165) is 5.69 Å². The standard InChI is InChI=1S/C11H19N5O3/c1-2-16-14-6-9(15-16)5-12-11(17)13-7-10-8-18-3-4-19-10/h6,10H,2-5,7-8H2,1H3,(H2,12,13,17). The molecule has 8 nitrogen and oxygen atoms in total. The molecule has 2 rings (SSSR count). The van der Waals surface area contributed by atoms with Crippen LogP contribution in [0.3, 0.4) is 0 Å². The van der Waals surface area contributed by atoms with E-state index in [-0.39, 0.29) is 12.1 Å². The summed E-state index contributed by atoms with van der Waals surface area (Å²) in [5, 5.41) is 13.6. The van der Waals surface area contributed by atoms with Gasteiger partial charge in [-0.1, -0.05) is 0 Å². The van der Waals surface area contributed by atoms with Crippen molar-refractivity contribution in [2.75, 3.05) is 26.4 Å². The second-order valence-corrected chi connectivity index (χ2v) is 4.16. The number of hydrogen-bond donors (Lipinski definition) is 2. The molecule has 1 aromatic heterocycles. The van der Waals surface area contributed by atoms with Crippen molar-refractivity contribution in [1.82, 2.24) is 25.6 Å². The number of hydrogen-bond acceptors (Lipinski definition) is 5. The van der Waals surface area contributed by atoms with Crippen molar-refractivity contribution in [3.63, 3.8) is 0 Å². The lowest BCUT2D eigenvalue weighted by Crippen LogP contribution is -2.43. The highest BCUT2D eigenvalue weighted by Crippen LogP contribution is 1.98. The summed E-state index contributed by atoms with van der Waals surface area (Å²) in [4.78, 5) is 13.1. The summed E-state index contributed by atoms with van der Waals surface area (Å²) >= 11 is 0. The van der Waals surface area contributed by atoms with E-state index in [0.29, 0.717) is 39.5 Å². The quantitative estimate of drug-likeness (QED) is 0.753. The molecule has 2 amide bonds. The first-order chi connectivity index (χ1) is 9.28. The normalized spacial score (nSPS) is 19.1. The number of carbonyl (C=O) groups is 1. The van der Waals surface area contributed by atoms with Crippen molar-refractivity contribution in [2.45, 2.75) is 26.1 Å². The molecule has 0 saturated carbocycles. The van der Waals surface area contributed by atoms with E-state index in [4.69, 9.17) is 9.47 Å². The summed E-state index contributed by atoms with van der Waals surface area (Å²) in [6.45, 7) is 5.18. The number of nitrogens with zero attached hydrogens (tertiary/aromatic N) is 3. The van der Waals surface area contributed by atoms with Gasteiger partial charge in [0.2, 0.25) is 0 Å². The zero-order valence-corrected chi connectivity index (χ0v) is 11.0. The molecule has 0 spiro atoms. The Labute approximate surface area is 111 Å². The lowest BCUT2D eigenvalue weighted by molar-refractivity contribution is -0.0853. The molecule has 2 N–H and O–H groups in total. The average molecular weight is 269 g/mol. The highest BCUT2D eigenvalue weighted by Gasteiger charge is 2.15. The maximum absolute atomic E-state index is 11.6. The second-order valence-electron chi connectivity index (χ2n) is 4.16. The molecule has 0 radical (unpaired) electrons. The smallest absolute Gasteiger partial charge is 0.315 e. The van der Waals surface area contributed by atoms with Gasteiger partial charge in [0, 0.05) is 6.54 Å². The zero-order valence-electron chi connectivity index (χ0n) is 11.0. The molecular formula is C11H19N5O3.